The largest absolute Gasteiger partial charge is 0.373 e. The van der Waals surface area contributed by atoms with E-state index in [1.54, 1.807) is 0 Å². The minimum absolute atomic E-state index is 0.00596. The van der Waals surface area contributed by atoms with Gasteiger partial charge >= 0.3 is 0 Å². The molecule has 0 amide bonds. The Morgan fingerprint density at radius 1 is 1.10 bits per heavy atom. The van der Waals surface area contributed by atoms with Gasteiger partial charge in [0, 0.05) is 17.7 Å². The van der Waals surface area contributed by atoms with Crippen LogP contribution in [0.15, 0.2) is 36.4 Å². The van der Waals surface area contributed by atoms with Gasteiger partial charge in [-0.05, 0) is 31.2 Å². The van der Waals surface area contributed by atoms with Crippen molar-refractivity contribution in [2.75, 3.05) is 5.32 Å². The fraction of sp³-hybridized carbons (Fsp3) is 0.143. The highest BCUT2D eigenvalue weighted by Crippen LogP contribution is 2.29. The molecular weight excluding hydrogens is 285 g/mol. The molecule has 0 radical (unpaired) electrons. The van der Waals surface area contributed by atoms with Crippen LogP contribution in [-0.4, -0.2) is 4.92 Å². The zero-order valence-electron chi connectivity index (χ0n) is 10.9. The van der Waals surface area contributed by atoms with E-state index in [4.69, 9.17) is 0 Å². The lowest BCUT2D eigenvalue weighted by atomic mass is 10.1. The van der Waals surface area contributed by atoms with E-state index in [-0.39, 0.29) is 16.9 Å². The topological polar surface area (TPSA) is 55.2 Å². The second-order valence-corrected chi connectivity index (χ2v) is 4.45. The van der Waals surface area contributed by atoms with Crippen LogP contribution in [0.1, 0.15) is 18.5 Å². The average Bonchev–Trinajstić information content (AvgIpc) is 2.41. The van der Waals surface area contributed by atoms with E-state index in [1.165, 1.54) is 6.92 Å². The summed E-state index contributed by atoms with van der Waals surface area (Å²) in [6, 6.07) is 5.03. The summed E-state index contributed by atoms with van der Waals surface area (Å²) >= 11 is 0. The third-order valence-electron chi connectivity index (χ3n) is 2.95. The van der Waals surface area contributed by atoms with Crippen molar-refractivity contribution >= 4 is 11.4 Å². The van der Waals surface area contributed by atoms with Crippen molar-refractivity contribution in [2.45, 2.75) is 13.0 Å². The Balaban J connectivity index is 2.35. The van der Waals surface area contributed by atoms with Gasteiger partial charge in [-0.1, -0.05) is 0 Å². The zero-order chi connectivity index (χ0) is 15.6. The number of hydrogen-bond acceptors (Lipinski definition) is 3. The van der Waals surface area contributed by atoms with Crippen LogP contribution in [0.4, 0.5) is 24.5 Å². The van der Waals surface area contributed by atoms with Gasteiger partial charge in [0.2, 0.25) is 0 Å². The van der Waals surface area contributed by atoms with Crippen molar-refractivity contribution < 1.29 is 18.1 Å². The molecule has 2 rings (SSSR count). The van der Waals surface area contributed by atoms with Gasteiger partial charge in [0.05, 0.1) is 11.0 Å². The Labute approximate surface area is 118 Å². The fourth-order valence-electron chi connectivity index (χ4n) is 1.94. The van der Waals surface area contributed by atoms with Crippen molar-refractivity contribution in [3.8, 4) is 0 Å². The third-order valence-corrected chi connectivity index (χ3v) is 2.95. The molecule has 21 heavy (non-hydrogen) atoms. The van der Waals surface area contributed by atoms with E-state index < -0.39 is 28.4 Å². The molecule has 0 aromatic heterocycles. The Kier molecular flexibility index (Phi) is 4.11. The highest BCUT2D eigenvalue weighted by Gasteiger charge is 2.18. The summed E-state index contributed by atoms with van der Waals surface area (Å²) in [6.45, 7) is 1.49. The van der Waals surface area contributed by atoms with Crippen LogP contribution in [-0.2, 0) is 0 Å². The van der Waals surface area contributed by atoms with Crippen molar-refractivity contribution in [1.82, 2.24) is 0 Å². The normalized spacial score (nSPS) is 12.0. The lowest BCUT2D eigenvalue weighted by Gasteiger charge is -2.16. The van der Waals surface area contributed by atoms with E-state index in [9.17, 15) is 23.3 Å². The Morgan fingerprint density at radius 2 is 1.71 bits per heavy atom. The molecule has 4 nitrogen and oxygen atoms in total. The van der Waals surface area contributed by atoms with Gasteiger partial charge in [0.1, 0.15) is 23.1 Å². The lowest BCUT2D eigenvalue weighted by Crippen LogP contribution is -2.10. The van der Waals surface area contributed by atoms with Crippen LogP contribution in [0.2, 0.25) is 0 Å². The number of rotatable bonds is 4. The summed E-state index contributed by atoms with van der Waals surface area (Å²) < 4.78 is 40.0. The maximum atomic E-state index is 13.6. The molecule has 0 fully saturated rings. The summed E-state index contributed by atoms with van der Waals surface area (Å²) in [6.07, 6.45) is 0. The van der Waals surface area contributed by atoms with E-state index in [1.807, 2.05) is 0 Å². The smallest absolute Gasteiger partial charge is 0.292 e. The highest BCUT2D eigenvalue weighted by atomic mass is 19.1. The lowest BCUT2D eigenvalue weighted by molar-refractivity contribution is -0.384. The second-order valence-electron chi connectivity index (χ2n) is 4.45. The first-order chi connectivity index (χ1) is 9.88. The molecule has 2 aromatic rings. The molecule has 110 valence electrons. The van der Waals surface area contributed by atoms with Crippen LogP contribution in [0.25, 0.3) is 0 Å². The molecule has 0 aliphatic carbocycles. The Hall–Kier alpha value is -2.57. The standard InChI is InChI=1S/C14H11F3N2O2/c1-8(11-6-9(15)2-4-12(11)17)18-13-7-10(16)3-5-14(13)19(20)21/h2-8,18H,1H3. The first kappa shape index (κ1) is 14.8. The van der Waals surface area contributed by atoms with Crippen LogP contribution in [0.5, 0.6) is 0 Å². The number of halogens is 3. The number of benzene rings is 2. The van der Waals surface area contributed by atoms with Crippen LogP contribution in [0, 0.1) is 27.6 Å². The van der Waals surface area contributed by atoms with Crippen molar-refractivity contribution in [3.05, 3.63) is 69.5 Å². The van der Waals surface area contributed by atoms with Gasteiger partial charge in [-0.2, -0.15) is 0 Å². The number of anilines is 1. The molecule has 0 spiro atoms. The van der Waals surface area contributed by atoms with Crippen LogP contribution < -0.4 is 5.32 Å². The first-order valence-electron chi connectivity index (χ1n) is 6.04. The molecule has 0 aliphatic heterocycles. The number of nitro benzene ring substituents is 1. The molecule has 0 bridgehead atoms. The molecule has 0 heterocycles. The molecule has 1 unspecified atom stereocenters. The summed E-state index contributed by atoms with van der Waals surface area (Å²) in [4.78, 5) is 10.2. The van der Waals surface area contributed by atoms with Crippen LogP contribution >= 0.6 is 0 Å². The van der Waals surface area contributed by atoms with Crippen molar-refractivity contribution in [2.24, 2.45) is 0 Å². The predicted octanol–water partition coefficient (Wildman–Crippen LogP) is 4.19. The van der Waals surface area contributed by atoms with Gasteiger partial charge < -0.3 is 5.32 Å². The molecule has 7 heteroatoms. The van der Waals surface area contributed by atoms with Gasteiger partial charge in [-0.25, -0.2) is 13.2 Å². The zero-order valence-corrected chi connectivity index (χ0v) is 10.9. The molecule has 2 aromatic carbocycles. The summed E-state index contributed by atoms with van der Waals surface area (Å²) in [5.41, 5.74) is -0.454. The predicted molar refractivity (Wildman–Crippen MR) is 71.5 cm³/mol. The molecule has 0 saturated carbocycles. The average molecular weight is 296 g/mol. The van der Waals surface area contributed by atoms with Gasteiger partial charge in [0.15, 0.2) is 0 Å². The van der Waals surface area contributed by atoms with Gasteiger partial charge in [-0.15, -0.1) is 0 Å². The van der Waals surface area contributed by atoms with E-state index in [2.05, 4.69) is 5.32 Å². The van der Waals surface area contributed by atoms with E-state index >= 15 is 0 Å². The minimum atomic E-state index is -0.777. The number of nitro groups is 1. The monoisotopic (exact) mass is 296 g/mol. The fourth-order valence-corrected chi connectivity index (χ4v) is 1.94. The van der Waals surface area contributed by atoms with Crippen LogP contribution in [0.3, 0.4) is 0 Å². The van der Waals surface area contributed by atoms with Crippen molar-refractivity contribution in [3.63, 3.8) is 0 Å². The molecular formula is C14H11F3N2O2. The Morgan fingerprint density at radius 3 is 2.38 bits per heavy atom. The summed E-state index contributed by atoms with van der Waals surface area (Å²) in [7, 11) is 0. The van der Waals surface area contributed by atoms with Gasteiger partial charge in [-0.3, -0.25) is 10.1 Å². The molecule has 1 N–H and O–H groups in total. The van der Waals surface area contributed by atoms with E-state index in [0.717, 1.165) is 36.4 Å². The molecule has 1 atom stereocenters. The minimum Gasteiger partial charge on any atom is -0.373 e. The molecule has 0 saturated heterocycles. The quantitative estimate of drug-likeness (QED) is 0.680. The van der Waals surface area contributed by atoms with E-state index in [0.29, 0.717) is 0 Å². The summed E-state index contributed by atoms with van der Waals surface area (Å²) in [5, 5.41) is 13.5. The maximum Gasteiger partial charge on any atom is 0.292 e. The maximum absolute atomic E-state index is 13.6. The SMILES string of the molecule is CC(Nc1cc(F)ccc1[N+](=O)[O-])c1cc(F)ccc1F. The second kappa shape index (κ2) is 5.82. The number of nitrogens with zero attached hydrogens (tertiary/aromatic N) is 1. The highest BCUT2D eigenvalue weighted by molar-refractivity contribution is 5.62. The first-order valence-corrected chi connectivity index (χ1v) is 6.04. The molecule has 0 aliphatic rings. The number of nitrogens with one attached hydrogen (secondary N) is 1. The Bertz CT molecular complexity index is 692. The third kappa shape index (κ3) is 3.31. The van der Waals surface area contributed by atoms with Crippen molar-refractivity contribution in [1.29, 1.82) is 0 Å². The number of hydrogen-bond donors (Lipinski definition) is 1. The summed E-state index contributed by atoms with van der Waals surface area (Å²) in [5.74, 6) is -1.96. The van der Waals surface area contributed by atoms with Gasteiger partial charge in [0.25, 0.3) is 5.69 Å².